The van der Waals surface area contributed by atoms with Crippen LogP contribution in [0.1, 0.15) is 35.8 Å². The molecular formula is C18H18N2O4S. The number of aromatic amines is 1. The Bertz CT molecular complexity index is 1060. The fraction of sp³-hybridized carbons (Fsp3) is 0.167. The third-order valence-electron chi connectivity index (χ3n) is 4.17. The molecule has 0 saturated carbocycles. The Morgan fingerprint density at radius 3 is 2.28 bits per heavy atom. The number of nitrogens with two attached hydrogens (primary N) is 1. The van der Waals surface area contributed by atoms with Crippen LogP contribution >= 0.6 is 0 Å². The first-order valence-electron chi connectivity index (χ1n) is 7.71. The topological polar surface area (TPSA) is 113 Å². The Labute approximate surface area is 145 Å². The maximum Gasteiger partial charge on any atom is 0.352 e. The number of hydrogen-bond donors (Lipinski definition) is 3. The van der Waals surface area contributed by atoms with Crippen LogP contribution in [0.15, 0.2) is 47.4 Å². The van der Waals surface area contributed by atoms with E-state index >= 15 is 0 Å². The van der Waals surface area contributed by atoms with Gasteiger partial charge < -0.3 is 10.1 Å². The first-order valence-corrected chi connectivity index (χ1v) is 9.26. The fourth-order valence-corrected chi connectivity index (χ4v) is 3.51. The number of benzene rings is 2. The summed E-state index contributed by atoms with van der Waals surface area (Å²) in [5.41, 5.74) is 3.02. The van der Waals surface area contributed by atoms with Crippen molar-refractivity contribution in [2.45, 2.75) is 24.7 Å². The van der Waals surface area contributed by atoms with E-state index < -0.39 is 16.0 Å². The molecule has 0 aliphatic rings. The maximum absolute atomic E-state index is 11.7. The minimum Gasteiger partial charge on any atom is -0.477 e. The maximum atomic E-state index is 11.7. The molecule has 0 spiro atoms. The number of aromatic carboxylic acids is 1. The molecule has 1 aromatic heterocycles. The second-order valence-corrected chi connectivity index (χ2v) is 7.74. The van der Waals surface area contributed by atoms with Crippen LogP contribution in [-0.4, -0.2) is 24.5 Å². The van der Waals surface area contributed by atoms with Gasteiger partial charge in [0.2, 0.25) is 10.0 Å². The van der Waals surface area contributed by atoms with E-state index in [1.165, 1.54) is 12.1 Å². The smallest absolute Gasteiger partial charge is 0.352 e. The van der Waals surface area contributed by atoms with E-state index in [2.05, 4.69) is 4.98 Å². The van der Waals surface area contributed by atoms with Crippen molar-refractivity contribution in [3.63, 3.8) is 0 Å². The molecule has 4 N–H and O–H groups in total. The van der Waals surface area contributed by atoms with Crippen LogP contribution in [0.4, 0.5) is 0 Å². The average Bonchev–Trinajstić information content (AvgIpc) is 2.93. The molecule has 3 aromatic rings. The van der Waals surface area contributed by atoms with E-state index in [1.807, 2.05) is 32.0 Å². The first kappa shape index (κ1) is 17.2. The van der Waals surface area contributed by atoms with E-state index in [1.54, 1.807) is 12.1 Å². The molecule has 0 radical (unpaired) electrons. The van der Waals surface area contributed by atoms with Crippen molar-refractivity contribution >= 4 is 26.9 Å². The number of primary sulfonamides is 1. The molecule has 0 fully saturated rings. The number of para-hydroxylation sites is 1. The summed E-state index contributed by atoms with van der Waals surface area (Å²) in [4.78, 5) is 14.7. The summed E-state index contributed by atoms with van der Waals surface area (Å²) in [6.45, 7) is 4.08. The lowest BCUT2D eigenvalue weighted by atomic mass is 9.97. The summed E-state index contributed by atoms with van der Waals surface area (Å²) in [5.74, 6) is -0.849. The van der Waals surface area contributed by atoms with Gasteiger partial charge in [-0.3, -0.25) is 0 Å². The molecule has 0 unspecified atom stereocenters. The van der Waals surface area contributed by atoms with Crippen molar-refractivity contribution in [1.29, 1.82) is 0 Å². The molecule has 6 nitrogen and oxygen atoms in total. The zero-order valence-electron chi connectivity index (χ0n) is 13.8. The van der Waals surface area contributed by atoms with E-state index in [0.29, 0.717) is 11.1 Å². The highest BCUT2D eigenvalue weighted by atomic mass is 32.2. The normalized spacial score (nSPS) is 12.0. The molecule has 2 aromatic carbocycles. The van der Waals surface area contributed by atoms with Crippen molar-refractivity contribution < 1.29 is 18.3 Å². The van der Waals surface area contributed by atoms with Gasteiger partial charge in [-0.05, 0) is 29.2 Å². The highest BCUT2D eigenvalue weighted by Gasteiger charge is 2.21. The summed E-state index contributed by atoms with van der Waals surface area (Å²) < 4.78 is 22.8. The van der Waals surface area contributed by atoms with Gasteiger partial charge in [-0.1, -0.05) is 44.2 Å². The number of rotatable bonds is 4. The summed E-state index contributed by atoms with van der Waals surface area (Å²) in [5, 5.41) is 15.5. The highest BCUT2D eigenvalue weighted by Crippen LogP contribution is 2.36. The van der Waals surface area contributed by atoms with Crippen LogP contribution < -0.4 is 5.14 Å². The Morgan fingerprint density at radius 1 is 1.12 bits per heavy atom. The monoisotopic (exact) mass is 358 g/mol. The van der Waals surface area contributed by atoms with Crippen molar-refractivity contribution in [1.82, 2.24) is 4.98 Å². The van der Waals surface area contributed by atoms with Gasteiger partial charge >= 0.3 is 5.97 Å². The third-order valence-corrected chi connectivity index (χ3v) is 5.10. The first-order chi connectivity index (χ1) is 11.7. The zero-order valence-corrected chi connectivity index (χ0v) is 14.6. The quantitative estimate of drug-likeness (QED) is 0.664. The van der Waals surface area contributed by atoms with E-state index in [9.17, 15) is 18.3 Å². The molecule has 25 heavy (non-hydrogen) atoms. The number of fused-ring (bicyclic) bond motifs is 1. The number of H-pyrrole nitrogens is 1. The second-order valence-electron chi connectivity index (χ2n) is 6.17. The molecule has 3 rings (SSSR count). The van der Waals surface area contributed by atoms with Gasteiger partial charge in [-0.25, -0.2) is 18.4 Å². The SMILES string of the molecule is CC(C)c1cccc2c(-c3ccc(S(N)(=O)=O)cc3)c(C(=O)O)[nH]c12. The van der Waals surface area contributed by atoms with Gasteiger partial charge in [-0.2, -0.15) is 0 Å². The number of sulfonamides is 1. The molecule has 7 heteroatoms. The summed E-state index contributed by atoms with van der Waals surface area (Å²) >= 11 is 0. The van der Waals surface area contributed by atoms with E-state index in [0.717, 1.165) is 16.5 Å². The highest BCUT2D eigenvalue weighted by molar-refractivity contribution is 7.89. The fourth-order valence-electron chi connectivity index (χ4n) is 2.99. The molecule has 0 saturated heterocycles. The van der Waals surface area contributed by atoms with Crippen LogP contribution in [0.5, 0.6) is 0 Å². The number of carboxylic acids is 1. The summed E-state index contributed by atoms with van der Waals surface area (Å²) in [6.07, 6.45) is 0. The van der Waals surface area contributed by atoms with E-state index in [-0.39, 0.29) is 16.5 Å². The lowest BCUT2D eigenvalue weighted by Crippen LogP contribution is -2.11. The average molecular weight is 358 g/mol. The molecular weight excluding hydrogens is 340 g/mol. The largest absolute Gasteiger partial charge is 0.477 e. The van der Waals surface area contributed by atoms with Gasteiger partial charge in [0.25, 0.3) is 0 Å². The Kier molecular flexibility index (Phi) is 4.14. The van der Waals surface area contributed by atoms with Crippen molar-refractivity contribution in [3.05, 3.63) is 53.7 Å². The molecule has 0 amide bonds. The lowest BCUT2D eigenvalue weighted by molar-refractivity contribution is 0.0692. The third kappa shape index (κ3) is 3.04. The van der Waals surface area contributed by atoms with Crippen molar-refractivity contribution in [2.24, 2.45) is 5.14 Å². The molecule has 130 valence electrons. The number of carbonyl (C=O) groups is 1. The Balaban J connectivity index is 2.30. The van der Waals surface area contributed by atoms with E-state index in [4.69, 9.17) is 5.14 Å². The minimum absolute atomic E-state index is 0.0177. The van der Waals surface area contributed by atoms with Gasteiger partial charge in [0, 0.05) is 10.9 Å². The zero-order chi connectivity index (χ0) is 18.4. The van der Waals surface area contributed by atoms with Crippen LogP contribution in [-0.2, 0) is 10.0 Å². The predicted molar refractivity (Wildman–Crippen MR) is 96.2 cm³/mol. The number of hydrogen-bond acceptors (Lipinski definition) is 3. The van der Waals surface area contributed by atoms with Gasteiger partial charge in [0.15, 0.2) is 0 Å². The van der Waals surface area contributed by atoms with Gasteiger partial charge in [-0.15, -0.1) is 0 Å². The van der Waals surface area contributed by atoms with Gasteiger partial charge in [0.05, 0.1) is 10.4 Å². The van der Waals surface area contributed by atoms with Crippen molar-refractivity contribution in [2.75, 3.05) is 0 Å². The number of aromatic nitrogens is 1. The molecule has 0 aliphatic carbocycles. The lowest BCUT2D eigenvalue weighted by Gasteiger charge is -2.07. The van der Waals surface area contributed by atoms with Gasteiger partial charge in [0.1, 0.15) is 5.69 Å². The summed E-state index contributed by atoms with van der Waals surface area (Å²) in [7, 11) is -3.80. The molecule has 0 bridgehead atoms. The molecule has 0 atom stereocenters. The predicted octanol–water partition coefficient (Wildman–Crippen LogP) is 3.30. The van der Waals surface area contributed by atoms with Crippen LogP contribution in [0, 0.1) is 0 Å². The summed E-state index contributed by atoms with van der Waals surface area (Å²) in [6, 6.07) is 11.6. The number of carboxylic acid groups (broad SMARTS) is 1. The van der Waals surface area contributed by atoms with Crippen LogP contribution in [0.2, 0.25) is 0 Å². The Hall–Kier alpha value is -2.64. The molecule has 1 heterocycles. The standard InChI is InChI=1S/C18H18N2O4S/c1-10(2)13-4-3-5-14-15(17(18(21)22)20-16(13)14)11-6-8-12(9-7-11)25(19,23)24/h3-10,20H,1-2H3,(H,21,22)(H2,19,23,24). The van der Waals surface area contributed by atoms with Crippen LogP contribution in [0.3, 0.4) is 0 Å². The van der Waals surface area contributed by atoms with Crippen molar-refractivity contribution in [3.8, 4) is 11.1 Å². The Morgan fingerprint density at radius 2 is 1.76 bits per heavy atom. The molecule has 0 aliphatic heterocycles. The number of nitrogens with one attached hydrogen (secondary N) is 1. The second kappa shape index (κ2) is 6.02. The van der Waals surface area contributed by atoms with Crippen LogP contribution in [0.25, 0.3) is 22.0 Å². The minimum atomic E-state index is -3.80.